The van der Waals surface area contributed by atoms with Crippen molar-refractivity contribution in [1.29, 1.82) is 0 Å². The molecule has 17 heavy (non-hydrogen) atoms. The summed E-state index contributed by atoms with van der Waals surface area (Å²) in [6, 6.07) is -1.12. The summed E-state index contributed by atoms with van der Waals surface area (Å²) in [7, 11) is 0. The number of aliphatic hydroxyl groups excluding tert-OH is 1. The van der Waals surface area contributed by atoms with E-state index in [1.54, 1.807) is 6.92 Å². The third-order valence-corrected chi connectivity index (χ3v) is 3.34. The molecule has 8 heteroatoms. The van der Waals surface area contributed by atoms with Gasteiger partial charge in [-0.1, -0.05) is 0 Å². The predicted molar refractivity (Wildman–Crippen MR) is 63.0 cm³/mol. The first kappa shape index (κ1) is 11.9. The Balaban J connectivity index is 2.47. The molecular formula is C9H18N6O2. The van der Waals surface area contributed by atoms with E-state index in [9.17, 15) is 10.2 Å². The monoisotopic (exact) mass is 242 g/mol. The van der Waals surface area contributed by atoms with Gasteiger partial charge < -0.3 is 32.3 Å². The number of fused-ring (bicyclic) bond motifs is 1. The van der Waals surface area contributed by atoms with Crippen LogP contribution in [-0.2, 0) is 0 Å². The Hall–Kier alpha value is -1.54. The molecular weight excluding hydrogens is 224 g/mol. The van der Waals surface area contributed by atoms with Crippen LogP contribution in [0.2, 0.25) is 0 Å². The topological polar surface area (TPSA) is 146 Å². The van der Waals surface area contributed by atoms with Gasteiger partial charge in [-0.3, -0.25) is 0 Å². The van der Waals surface area contributed by atoms with Crippen molar-refractivity contribution in [3.63, 3.8) is 0 Å². The highest BCUT2D eigenvalue weighted by atomic mass is 16.4. The Morgan fingerprint density at radius 1 is 1.59 bits per heavy atom. The van der Waals surface area contributed by atoms with Crippen LogP contribution in [0.1, 0.15) is 13.3 Å². The van der Waals surface area contributed by atoms with Gasteiger partial charge in [-0.25, -0.2) is 9.98 Å². The van der Waals surface area contributed by atoms with Crippen LogP contribution < -0.4 is 17.2 Å². The van der Waals surface area contributed by atoms with E-state index in [4.69, 9.17) is 17.2 Å². The highest BCUT2D eigenvalue weighted by Gasteiger charge is 2.57. The van der Waals surface area contributed by atoms with Crippen LogP contribution in [0.4, 0.5) is 0 Å². The van der Waals surface area contributed by atoms with Crippen molar-refractivity contribution in [2.75, 3.05) is 6.54 Å². The third-order valence-electron chi connectivity index (χ3n) is 3.34. The lowest BCUT2D eigenvalue weighted by Gasteiger charge is -2.45. The van der Waals surface area contributed by atoms with Crippen LogP contribution in [0.25, 0.3) is 0 Å². The smallest absolute Gasteiger partial charge is 0.194 e. The number of rotatable bonds is 1. The van der Waals surface area contributed by atoms with E-state index in [-0.39, 0.29) is 11.9 Å². The van der Waals surface area contributed by atoms with E-state index in [2.05, 4.69) is 9.98 Å². The number of aliphatic hydroxyl groups is 2. The maximum atomic E-state index is 10.6. The van der Waals surface area contributed by atoms with Gasteiger partial charge >= 0.3 is 0 Å². The van der Waals surface area contributed by atoms with Crippen molar-refractivity contribution in [3.05, 3.63) is 0 Å². The largest absolute Gasteiger partial charge is 0.388 e. The van der Waals surface area contributed by atoms with Crippen LogP contribution >= 0.6 is 0 Å². The molecule has 2 rings (SSSR count). The van der Waals surface area contributed by atoms with Gasteiger partial charge in [-0.05, 0) is 13.3 Å². The van der Waals surface area contributed by atoms with Crippen LogP contribution in [-0.4, -0.2) is 57.5 Å². The van der Waals surface area contributed by atoms with Gasteiger partial charge in [0.15, 0.2) is 17.6 Å². The van der Waals surface area contributed by atoms with E-state index < -0.39 is 23.9 Å². The number of guanidine groups is 2. The molecule has 0 aromatic carbocycles. The number of aliphatic imine (C=N–C) groups is 2. The number of nitrogens with zero attached hydrogens (tertiary/aromatic N) is 3. The first-order chi connectivity index (χ1) is 7.87. The van der Waals surface area contributed by atoms with E-state index in [1.807, 2.05) is 0 Å². The maximum Gasteiger partial charge on any atom is 0.194 e. The van der Waals surface area contributed by atoms with Gasteiger partial charge in [0.2, 0.25) is 0 Å². The van der Waals surface area contributed by atoms with E-state index >= 15 is 0 Å². The lowest BCUT2D eigenvalue weighted by Crippen LogP contribution is -2.67. The average molecular weight is 242 g/mol. The molecule has 8 N–H and O–H groups in total. The molecule has 0 unspecified atom stereocenters. The van der Waals surface area contributed by atoms with E-state index in [1.165, 1.54) is 4.90 Å². The van der Waals surface area contributed by atoms with Crippen LogP contribution in [0.3, 0.4) is 0 Å². The van der Waals surface area contributed by atoms with Crippen molar-refractivity contribution in [3.8, 4) is 0 Å². The zero-order valence-corrected chi connectivity index (χ0v) is 9.61. The fourth-order valence-electron chi connectivity index (χ4n) is 2.55. The quantitative estimate of drug-likeness (QED) is 0.246. The molecule has 2 aliphatic heterocycles. The standard InChI is InChI=1S/C9H18N6O2/c1-4-6(14-7(10)11)9(17)5(16)2-3-15(9)8(12)13-4/h4-6,16-17H,2-3H2,1H3,(H2,12,13)(H4,10,11,14)/t4-,5-,6-,9-/m1/s1. The van der Waals surface area contributed by atoms with Crippen LogP contribution in [0.5, 0.6) is 0 Å². The molecule has 0 aromatic heterocycles. The fraction of sp³-hybridized carbons (Fsp3) is 0.778. The molecule has 0 amide bonds. The zero-order valence-electron chi connectivity index (χ0n) is 9.61. The minimum atomic E-state index is -1.57. The predicted octanol–water partition coefficient (Wildman–Crippen LogP) is -2.90. The van der Waals surface area contributed by atoms with Crippen molar-refractivity contribution < 1.29 is 10.2 Å². The first-order valence-corrected chi connectivity index (χ1v) is 5.47. The second-order valence-electron chi connectivity index (χ2n) is 4.47. The molecule has 0 aromatic rings. The van der Waals surface area contributed by atoms with Gasteiger partial charge in [0, 0.05) is 6.54 Å². The van der Waals surface area contributed by atoms with Crippen molar-refractivity contribution in [2.24, 2.45) is 27.2 Å². The summed E-state index contributed by atoms with van der Waals surface area (Å²) in [5.41, 5.74) is 14.9. The van der Waals surface area contributed by atoms with Crippen molar-refractivity contribution >= 4 is 11.9 Å². The Kier molecular flexibility index (Phi) is 2.63. The summed E-state index contributed by atoms with van der Waals surface area (Å²) < 4.78 is 0. The molecule has 2 aliphatic rings. The van der Waals surface area contributed by atoms with E-state index in [0.29, 0.717) is 13.0 Å². The number of nitrogens with two attached hydrogens (primary N) is 3. The molecule has 96 valence electrons. The molecule has 4 atom stereocenters. The molecule has 1 saturated heterocycles. The molecule has 0 saturated carbocycles. The van der Waals surface area contributed by atoms with Gasteiger partial charge in [0.1, 0.15) is 12.1 Å². The molecule has 0 bridgehead atoms. The molecule has 1 fully saturated rings. The molecule has 0 aliphatic carbocycles. The Morgan fingerprint density at radius 2 is 2.24 bits per heavy atom. The highest BCUT2D eigenvalue weighted by molar-refractivity contribution is 5.81. The summed E-state index contributed by atoms with van der Waals surface area (Å²) in [5.74, 6) is 0.0589. The summed E-state index contributed by atoms with van der Waals surface area (Å²) in [4.78, 5) is 9.60. The SMILES string of the molecule is C[C@H]1N=C(N)N2CC[C@@H](O)[C@@]2(O)[C@@H]1N=C(N)N. The average Bonchev–Trinajstić information content (AvgIpc) is 2.52. The van der Waals surface area contributed by atoms with Crippen molar-refractivity contribution in [2.45, 2.75) is 37.3 Å². The highest BCUT2D eigenvalue weighted by Crippen LogP contribution is 2.36. The summed E-state index contributed by atoms with van der Waals surface area (Å²) in [6.45, 7) is 2.17. The summed E-state index contributed by atoms with van der Waals surface area (Å²) in [6.07, 6.45) is -0.553. The zero-order chi connectivity index (χ0) is 12.8. The minimum Gasteiger partial charge on any atom is -0.388 e. The Bertz CT molecular complexity index is 380. The first-order valence-electron chi connectivity index (χ1n) is 5.47. The minimum absolute atomic E-state index is 0.148. The number of hydrogen-bond donors (Lipinski definition) is 5. The van der Waals surface area contributed by atoms with Crippen LogP contribution in [0.15, 0.2) is 9.98 Å². The van der Waals surface area contributed by atoms with E-state index in [0.717, 1.165) is 0 Å². The number of hydrogen-bond acceptors (Lipinski definition) is 6. The summed E-state index contributed by atoms with van der Waals surface area (Å²) in [5, 5.41) is 20.6. The third kappa shape index (κ3) is 1.60. The summed E-state index contributed by atoms with van der Waals surface area (Å²) >= 11 is 0. The molecule has 8 nitrogen and oxygen atoms in total. The van der Waals surface area contributed by atoms with Gasteiger partial charge in [0.25, 0.3) is 0 Å². The lowest BCUT2D eigenvalue weighted by molar-refractivity contribution is -0.139. The van der Waals surface area contributed by atoms with Crippen LogP contribution in [0, 0.1) is 0 Å². The van der Waals surface area contributed by atoms with Crippen molar-refractivity contribution in [1.82, 2.24) is 4.90 Å². The molecule has 2 heterocycles. The normalized spacial score (nSPS) is 40.8. The van der Waals surface area contributed by atoms with Gasteiger partial charge in [0.05, 0.1) is 6.04 Å². The second kappa shape index (κ2) is 3.74. The van der Waals surface area contributed by atoms with Gasteiger partial charge in [-0.15, -0.1) is 0 Å². The second-order valence-corrected chi connectivity index (χ2v) is 4.47. The Morgan fingerprint density at radius 3 is 2.82 bits per heavy atom. The molecule has 0 spiro atoms. The molecule has 0 radical (unpaired) electrons. The fourth-order valence-corrected chi connectivity index (χ4v) is 2.55. The maximum absolute atomic E-state index is 10.6. The Labute approximate surface area is 98.8 Å². The van der Waals surface area contributed by atoms with Gasteiger partial charge in [-0.2, -0.15) is 0 Å². The lowest BCUT2D eigenvalue weighted by atomic mass is 9.92.